The number of hydrogen-bond acceptors (Lipinski definition) is 3. The van der Waals surface area contributed by atoms with Gasteiger partial charge in [0.15, 0.2) is 0 Å². The molecule has 7 heteroatoms. The summed E-state index contributed by atoms with van der Waals surface area (Å²) in [6, 6.07) is 4.82. The molecule has 116 valence electrons. The van der Waals surface area contributed by atoms with E-state index in [0.29, 0.717) is 28.7 Å². The first kappa shape index (κ1) is 17.8. The molecule has 0 saturated heterocycles. The Hall–Kier alpha value is -1.30. The van der Waals surface area contributed by atoms with Crippen molar-refractivity contribution in [3.63, 3.8) is 0 Å². The maximum Gasteiger partial charge on any atom is 0.253 e. The van der Waals surface area contributed by atoms with Gasteiger partial charge in [0.2, 0.25) is 5.91 Å². The largest absolute Gasteiger partial charge is 0.352 e. The highest BCUT2D eigenvalue weighted by Gasteiger charge is 2.22. The van der Waals surface area contributed by atoms with Gasteiger partial charge >= 0.3 is 0 Å². The molecule has 0 aliphatic heterocycles. The summed E-state index contributed by atoms with van der Waals surface area (Å²) in [6.45, 7) is 0.935. The third-order valence-corrected chi connectivity index (χ3v) is 3.36. The fraction of sp³-hybridized carbons (Fsp3) is 0.429. The van der Waals surface area contributed by atoms with Crippen molar-refractivity contribution in [1.82, 2.24) is 5.32 Å². The van der Waals surface area contributed by atoms with E-state index in [9.17, 15) is 9.59 Å². The van der Waals surface area contributed by atoms with Crippen LogP contribution in [0.15, 0.2) is 18.2 Å². The number of carbonyl (C=O) groups is 2. The Morgan fingerprint density at radius 1 is 1.33 bits per heavy atom. The van der Waals surface area contributed by atoms with Crippen molar-refractivity contribution in [2.45, 2.75) is 19.3 Å². The van der Waals surface area contributed by atoms with Crippen molar-refractivity contribution in [1.29, 1.82) is 0 Å². The van der Waals surface area contributed by atoms with Gasteiger partial charge in [0.05, 0.1) is 11.3 Å². The summed E-state index contributed by atoms with van der Waals surface area (Å²) in [6.07, 6.45) is 2.54. The van der Waals surface area contributed by atoms with Gasteiger partial charge in [0.25, 0.3) is 5.91 Å². The zero-order chi connectivity index (χ0) is 14.5. The number of nitrogens with one attached hydrogen (secondary N) is 2. The third-order valence-electron chi connectivity index (χ3n) is 3.12. The molecule has 1 aliphatic carbocycles. The molecule has 2 amide bonds. The Balaban J connectivity index is 0.00000220. The maximum absolute atomic E-state index is 12.1. The van der Waals surface area contributed by atoms with E-state index < -0.39 is 0 Å². The lowest BCUT2D eigenvalue weighted by atomic mass is 10.1. The van der Waals surface area contributed by atoms with Gasteiger partial charge in [-0.05, 0) is 37.0 Å². The molecular formula is C14H19Cl2N3O2. The second-order valence-electron chi connectivity index (χ2n) is 4.93. The fourth-order valence-corrected chi connectivity index (χ4v) is 1.98. The van der Waals surface area contributed by atoms with E-state index in [1.54, 1.807) is 18.2 Å². The SMILES string of the molecule is Cl.NCCC(=O)Nc1ccc(Cl)cc1C(=O)NCC1CC1. The zero-order valence-corrected chi connectivity index (χ0v) is 13.1. The number of carbonyl (C=O) groups excluding carboxylic acids is 2. The quantitative estimate of drug-likeness (QED) is 0.747. The summed E-state index contributed by atoms with van der Waals surface area (Å²) in [5.74, 6) is 0.155. The Labute approximate surface area is 135 Å². The maximum atomic E-state index is 12.1. The minimum Gasteiger partial charge on any atom is -0.352 e. The zero-order valence-electron chi connectivity index (χ0n) is 11.5. The van der Waals surface area contributed by atoms with Crippen LogP contribution in [0.4, 0.5) is 5.69 Å². The summed E-state index contributed by atoms with van der Waals surface area (Å²) >= 11 is 5.92. The van der Waals surface area contributed by atoms with Crippen LogP contribution in [0.5, 0.6) is 0 Å². The van der Waals surface area contributed by atoms with Crippen molar-refractivity contribution < 1.29 is 9.59 Å². The number of anilines is 1. The van der Waals surface area contributed by atoms with Crippen LogP contribution in [0.3, 0.4) is 0 Å². The molecule has 0 radical (unpaired) electrons. The summed E-state index contributed by atoms with van der Waals surface area (Å²) < 4.78 is 0. The average molecular weight is 332 g/mol. The average Bonchev–Trinajstić information content (AvgIpc) is 3.22. The molecular weight excluding hydrogens is 313 g/mol. The van der Waals surface area contributed by atoms with E-state index in [4.69, 9.17) is 17.3 Å². The van der Waals surface area contributed by atoms with E-state index >= 15 is 0 Å². The minimum absolute atomic E-state index is 0. The first-order valence-electron chi connectivity index (χ1n) is 6.68. The van der Waals surface area contributed by atoms with Crippen molar-refractivity contribution >= 4 is 41.5 Å². The Morgan fingerprint density at radius 3 is 2.67 bits per heavy atom. The number of rotatable bonds is 6. The summed E-state index contributed by atoms with van der Waals surface area (Å²) in [7, 11) is 0. The van der Waals surface area contributed by atoms with Crippen LogP contribution in [0.2, 0.25) is 5.02 Å². The van der Waals surface area contributed by atoms with Gasteiger partial charge in [-0.2, -0.15) is 0 Å². The van der Waals surface area contributed by atoms with Gasteiger partial charge in [-0.1, -0.05) is 11.6 Å². The standard InChI is InChI=1S/C14H18ClN3O2.ClH/c15-10-3-4-12(18-13(19)5-6-16)11(7-10)14(20)17-8-9-1-2-9;/h3-4,7,9H,1-2,5-6,8,16H2,(H,17,20)(H,18,19);1H. The lowest BCUT2D eigenvalue weighted by molar-refractivity contribution is -0.116. The number of amides is 2. The summed E-state index contributed by atoms with van der Waals surface area (Å²) in [5.41, 5.74) is 6.17. The predicted octanol–water partition coefficient (Wildman–Crippen LogP) is 2.19. The third kappa shape index (κ3) is 5.53. The van der Waals surface area contributed by atoms with Crippen LogP contribution in [-0.2, 0) is 4.79 Å². The summed E-state index contributed by atoms with van der Waals surface area (Å²) in [4.78, 5) is 23.7. The van der Waals surface area contributed by atoms with Crippen molar-refractivity contribution in [3.8, 4) is 0 Å². The topological polar surface area (TPSA) is 84.2 Å². The molecule has 0 bridgehead atoms. The van der Waals surface area contributed by atoms with E-state index in [-0.39, 0.29) is 37.2 Å². The highest BCUT2D eigenvalue weighted by molar-refractivity contribution is 6.31. The lowest BCUT2D eigenvalue weighted by Crippen LogP contribution is -2.27. The van der Waals surface area contributed by atoms with Crippen LogP contribution in [0.25, 0.3) is 0 Å². The molecule has 0 aromatic heterocycles. The second kappa shape index (κ2) is 8.22. The van der Waals surface area contributed by atoms with Gasteiger partial charge in [-0.25, -0.2) is 0 Å². The van der Waals surface area contributed by atoms with Gasteiger partial charge in [-0.3, -0.25) is 9.59 Å². The molecule has 21 heavy (non-hydrogen) atoms. The highest BCUT2D eigenvalue weighted by Crippen LogP contribution is 2.28. The van der Waals surface area contributed by atoms with E-state index in [2.05, 4.69) is 10.6 Å². The van der Waals surface area contributed by atoms with Crippen molar-refractivity contribution in [2.75, 3.05) is 18.4 Å². The molecule has 2 rings (SSSR count). The number of hydrogen-bond donors (Lipinski definition) is 3. The minimum atomic E-state index is -0.220. The predicted molar refractivity (Wildman–Crippen MR) is 86.1 cm³/mol. The van der Waals surface area contributed by atoms with Gasteiger partial charge in [0, 0.05) is 24.5 Å². The molecule has 0 heterocycles. The van der Waals surface area contributed by atoms with E-state index in [1.807, 2.05) is 0 Å². The Morgan fingerprint density at radius 2 is 2.05 bits per heavy atom. The van der Waals surface area contributed by atoms with Gasteiger partial charge < -0.3 is 16.4 Å². The highest BCUT2D eigenvalue weighted by atomic mass is 35.5. The van der Waals surface area contributed by atoms with Crippen LogP contribution in [-0.4, -0.2) is 24.9 Å². The first-order valence-corrected chi connectivity index (χ1v) is 7.05. The molecule has 1 saturated carbocycles. The van der Waals surface area contributed by atoms with Crippen molar-refractivity contribution in [3.05, 3.63) is 28.8 Å². The number of benzene rings is 1. The van der Waals surface area contributed by atoms with E-state index in [0.717, 1.165) is 12.8 Å². The molecule has 0 atom stereocenters. The fourth-order valence-electron chi connectivity index (χ4n) is 1.81. The Bertz CT molecular complexity index is 519. The van der Waals surface area contributed by atoms with Crippen LogP contribution in [0, 0.1) is 5.92 Å². The van der Waals surface area contributed by atoms with E-state index in [1.165, 1.54) is 0 Å². The lowest BCUT2D eigenvalue weighted by Gasteiger charge is -2.11. The van der Waals surface area contributed by atoms with Gasteiger partial charge in [-0.15, -0.1) is 12.4 Å². The molecule has 1 aromatic rings. The normalized spacial score (nSPS) is 13.2. The molecule has 5 nitrogen and oxygen atoms in total. The number of halogens is 2. The smallest absolute Gasteiger partial charge is 0.253 e. The monoisotopic (exact) mass is 331 g/mol. The molecule has 0 spiro atoms. The summed E-state index contributed by atoms with van der Waals surface area (Å²) in [5, 5.41) is 6.00. The van der Waals surface area contributed by atoms with Crippen molar-refractivity contribution in [2.24, 2.45) is 11.7 Å². The molecule has 1 fully saturated rings. The van der Waals surface area contributed by atoms with Gasteiger partial charge in [0.1, 0.15) is 0 Å². The second-order valence-corrected chi connectivity index (χ2v) is 5.37. The Kier molecular flexibility index (Phi) is 6.95. The van der Waals surface area contributed by atoms with Crippen LogP contribution >= 0.6 is 24.0 Å². The molecule has 0 unspecified atom stereocenters. The molecule has 4 N–H and O–H groups in total. The van der Waals surface area contributed by atoms with Crippen LogP contribution < -0.4 is 16.4 Å². The number of nitrogens with two attached hydrogens (primary N) is 1. The molecule has 1 aliphatic rings. The molecule has 1 aromatic carbocycles. The van der Waals surface area contributed by atoms with Crippen LogP contribution in [0.1, 0.15) is 29.6 Å². The first-order chi connectivity index (χ1) is 9.60.